The third-order valence-corrected chi connectivity index (χ3v) is 2.43. The van der Waals surface area contributed by atoms with Crippen LogP contribution in [0, 0.1) is 0 Å². The summed E-state index contributed by atoms with van der Waals surface area (Å²) in [6.07, 6.45) is 0. The molecule has 1 aromatic rings. The second-order valence-corrected chi connectivity index (χ2v) is 4.18. The van der Waals surface area contributed by atoms with Crippen molar-refractivity contribution in [1.82, 2.24) is 5.32 Å². The van der Waals surface area contributed by atoms with E-state index in [1.807, 2.05) is 18.2 Å². The molecule has 0 spiro atoms. The summed E-state index contributed by atoms with van der Waals surface area (Å²) in [5, 5.41) is 3.05. The van der Waals surface area contributed by atoms with Crippen LogP contribution >= 0.6 is 15.9 Å². The number of rotatable bonds is 5. The quantitative estimate of drug-likeness (QED) is 0.892. The van der Waals surface area contributed by atoms with Crippen molar-refractivity contribution in [3.05, 3.63) is 28.2 Å². The number of hydrogen-bond acceptors (Lipinski definition) is 3. The van der Waals surface area contributed by atoms with E-state index in [-0.39, 0.29) is 5.78 Å². The number of methoxy groups -OCH3 is 1. The number of hydrogen-bond donors (Lipinski definition) is 1. The summed E-state index contributed by atoms with van der Waals surface area (Å²) >= 11 is 3.40. The Kier molecular flexibility index (Phi) is 4.78. The zero-order valence-corrected chi connectivity index (χ0v) is 10.4. The molecule has 0 heterocycles. The number of benzene rings is 1. The highest BCUT2D eigenvalue weighted by molar-refractivity contribution is 9.10. The summed E-state index contributed by atoms with van der Waals surface area (Å²) in [7, 11) is 1.64. The lowest BCUT2D eigenvalue weighted by Crippen LogP contribution is -2.20. The van der Waals surface area contributed by atoms with Crippen LogP contribution in [0.2, 0.25) is 0 Å². The van der Waals surface area contributed by atoms with Crippen LogP contribution in [0.4, 0.5) is 0 Å². The molecule has 1 aromatic carbocycles. The van der Waals surface area contributed by atoms with Crippen LogP contribution in [0.15, 0.2) is 22.7 Å². The van der Waals surface area contributed by atoms with Crippen molar-refractivity contribution in [2.45, 2.75) is 13.5 Å². The monoisotopic (exact) mass is 271 g/mol. The Bertz CT molecular complexity index is 352. The Labute approximate surface area is 97.9 Å². The SMILES string of the molecule is COc1ccc(Br)cc1CNCC(C)=O. The molecule has 0 bridgehead atoms. The topological polar surface area (TPSA) is 38.3 Å². The van der Waals surface area contributed by atoms with E-state index in [1.54, 1.807) is 14.0 Å². The van der Waals surface area contributed by atoms with Crippen LogP contribution in [-0.4, -0.2) is 19.4 Å². The van der Waals surface area contributed by atoms with Crippen LogP contribution in [0.1, 0.15) is 12.5 Å². The van der Waals surface area contributed by atoms with Gasteiger partial charge in [-0.1, -0.05) is 15.9 Å². The Hall–Kier alpha value is -0.870. The smallest absolute Gasteiger partial charge is 0.143 e. The number of ketones is 1. The van der Waals surface area contributed by atoms with E-state index in [0.29, 0.717) is 13.1 Å². The molecule has 15 heavy (non-hydrogen) atoms. The van der Waals surface area contributed by atoms with Gasteiger partial charge in [0, 0.05) is 16.6 Å². The average Bonchev–Trinajstić information content (AvgIpc) is 2.17. The molecule has 0 amide bonds. The van der Waals surface area contributed by atoms with Gasteiger partial charge in [0.15, 0.2) is 0 Å². The van der Waals surface area contributed by atoms with E-state index < -0.39 is 0 Å². The van der Waals surface area contributed by atoms with Crippen molar-refractivity contribution in [3.63, 3.8) is 0 Å². The predicted molar refractivity (Wildman–Crippen MR) is 63.1 cm³/mol. The Morgan fingerprint density at radius 2 is 2.27 bits per heavy atom. The molecule has 1 rings (SSSR count). The minimum absolute atomic E-state index is 0.129. The maximum absolute atomic E-state index is 10.8. The highest BCUT2D eigenvalue weighted by Crippen LogP contribution is 2.22. The van der Waals surface area contributed by atoms with E-state index in [0.717, 1.165) is 15.8 Å². The maximum atomic E-state index is 10.8. The van der Waals surface area contributed by atoms with Crippen LogP contribution in [0.3, 0.4) is 0 Å². The van der Waals surface area contributed by atoms with Crippen molar-refractivity contribution >= 4 is 21.7 Å². The standard InChI is InChI=1S/C11H14BrNO2/c1-8(14)6-13-7-9-5-10(12)3-4-11(9)15-2/h3-5,13H,6-7H2,1-2H3. The van der Waals surface area contributed by atoms with Crippen molar-refractivity contribution in [2.75, 3.05) is 13.7 Å². The summed E-state index contributed by atoms with van der Waals surface area (Å²) in [5.74, 6) is 0.957. The van der Waals surface area contributed by atoms with Gasteiger partial charge in [0.1, 0.15) is 11.5 Å². The van der Waals surface area contributed by atoms with Gasteiger partial charge in [0.05, 0.1) is 13.7 Å². The molecule has 4 heteroatoms. The minimum atomic E-state index is 0.129. The highest BCUT2D eigenvalue weighted by atomic mass is 79.9. The Balaban J connectivity index is 2.65. The predicted octanol–water partition coefficient (Wildman–Crippen LogP) is 2.14. The van der Waals surface area contributed by atoms with Crippen molar-refractivity contribution in [2.24, 2.45) is 0 Å². The summed E-state index contributed by atoms with van der Waals surface area (Å²) in [6, 6.07) is 5.80. The number of carbonyl (C=O) groups is 1. The van der Waals surface area contributed by atoms with Gasteiger partial charge in [-0.2, -0.15) is 0 Å². The molecule has 0 unspecified atom stereocenters. The Morgan fingerprint density at radius 1 is 1.53 bits per heavy atom. The molecule has 0 aromatic heterocycles. The molecule has 0 fully saturated rings. The summed E-state index contributed by atoms with van der Waals surface area (Å²) in [6.45, 7) is 2.57. The number of carbonyl (C=O) groups excluding carboxylic acids is 1. The zero-order valence-electron chi connectivity index (χ0n) is 8.84. The van der Waals surface area contributed by atoms with Crippen molar-refractivity contribution in [1.29, 1.82) is 0 Å². The van der Waals surface area contributed by atoms with Gasteiger partial charge in [-0.25, -0.2) is 0 Å². The number of Topliss-reactive ketones (excluding diaryl/α,β-unsaturated/α-hetero) is 1. The molecular weight excluding hydrogens is 258 g/mol. The molecule has 0 atom stereocenters. The molecule has 0 aliphatic carbocycles. The molecule has 0 aliphatic heterocycles. The number of nitrogens with one attached hydrogen (secondary N) is 1. The lowest BCUT2D eigenvalue weighted by Gasteiger charge is -2.09. The summed E-state index contributed by atoms with van der Waals surface area (Å²) in [5.41, 5.74) is 1.04. The molecule has 3 nitrogen and oxygen atoms in total. The van der Waals surface area contributed by atoms with E-state index in [4.69, 9.17) is 4.74 Å². The van der Waals surface area contributed by atoms with E-state index in [1.165, 1.54) is 0 Å². The first-order valence-corrected chi connectivity index (χ1v) is 5.45. The fourth-order valence-electron chi connectivity index (χ4n) is 1.26. The fraction of sp³-hybridized carbons (Fsp3) is 0.364. The first-order chi connectivity index (χ1) is 7.13. The zero-order chi connectivity index (χ0) is 11.3. The van der Waals surface area contributed by atoms with Crippen LogP contribution in [-0.2, 0) is 11.3 Å². The minimum Gasteiger partial charge on any atom is -0.496 e. The second-order valence-electron chi connectivity index (χ2n) is 3.26. The van der Waals surface area contributed by atoms with Gasteiger partial charge < -0.3 is 10.1 Å². The molecule has 0 saturated carbocycles. The van der Waals surface area contributed by atoms with Gasteiger partial charge in [-0.05, 0) is 25.1 Å². The van der Waals surface area contributed by atoms with Crippen molar-refractivity contribution in [3.8, 4) is 5.75 Å². The molecule has 0 saturated heterocycles. The molecule has 0 aliphatic rings. The van der Waals surface area contributed by atoms with Crippen molar-refractivity contribution < 1.29 is 9.53 Å². The van der Waals surface area contributed by atoms with E-state index in [2.05, 4.69) is 21.2 Å². The van der Waals surface area contributed by atoms with E-state index in [9.17, 15) is 4.79 Å². The molecule has 1 N–H and O–H groups in total. The highest BCUT2D eigenvalue weighted by Gasteiger charge is 2.03. The molecule has 82 valence electrons. The van der Waals surface area contributed by atoms with Crippen LogP contribution in [0.5, 0.6) is 5.75 Å². The lowest BCUT2D eigenvalue weighted by atomic mass is 10.2. The average molecular weight is 272 g/mol. The molecule has 0 radical (unpaired) electrons. The van der Waals surface area contributed by atoms with Gasteiger partial charge in [0.25, 0.3) is 0 Å². The first kappa shape index (κ1) is 12.2. The van der Waals surface area contributed by atoms with Crippen LogP contribution < -0.4 is 10.1 Å². The maximum Gasteiger partial charge on any atom is 0.143 e. The summed E-state index contributed by atoms with van der Waals surface area (Å²) in [4.78, 5) is 10.8. The normalized spacial score (nSPS) is 10.1. The van der Waals surface area contributed by atoms with Crippen LogP contribution in [0.25, 0.3) is 0 Å². The summed E-state index contributed by atoms with van der Waals surface area (Å²) < 4.78 is 6.21. The third kappa shape index (κ3) is 4.01. The van der Waals surface area contributed by atoms with Gasteiger partial charge in [-0.15, -0.1) is 0 Å². The number of ether oxygens (including phenoxy) is 1. The largest absolute Gasteiger partial charge is 0.496 e. The van der Waals surface area contributed by atoms with Gasteiger partial charge >= 0.3 is 0 Å². The Morgan fingerprint density at radius 3 is 2.87 bits per heavy atom. The molecular formula is C11H14BrNO2. The lowest BCUT2D eigenvalue weighted by molar-refractivity contribution is -0.116. The van der Waals surface area contributed by atoms with E-state index >= 15 is 0 Å². The first-order valence-electron chi connectivity index (χ1n) is 4.66. The number of halogens is 1. The van der Waals surface area contributed by atoms with Gasteiger partial charge in [-0.3, -0.25) is 4.79 Å². The fourth-order valence-corrected chi connectivity index (χ4v) is 1.67. The second kappa shape index (κ2) is 5.88. The van der Waals surface area contributed by atoms with Gasteiger partial charge in [0.2, 0.25) is 0 Å². The third-order valence-electron chi connectivity index (χ3n) is 1.93.